The van der Waals surface area contributed by atoms with Gasteiger partial charge in [-0.15, -0.1) is 0 Å². The largest absolute Gasteiger partial charge is 0.399 e. The Morgan fingerprint density at radius 3 is 2.45 bits per heavy atom. The smallest absolute Gasteiger partial charge is 0.251 e. The minimum atomic E-state index is -0.0366. The molecular weight excluding hydrogens is 274 g/mol. The number of rotatable bonds is 3. The molecule has 0 radical (unpaired) electrons. The number of anilines is 2. The summed E-state index contributed by atoms with van der Waals surface area (Å²) < 4.78 is 0. The first-order valence-corrected chi connectivity index (χ1v) is 7.69. The molecule has 1 heterocycles. The Bertz CT molecular complexity index is 634. The molecule has 1 fully saturated rings. The van der Waals surface area contributed by atoms with Gasteiger partial charge >= 0.3 is 0 Å². The molecule has 1 saturated heterocycles. The van der Waals surface area contributed by atoms with E-state index in [1.807, 2.05) is 12.1 Å². The van der Waals surface area contributed by atoms with Gasteiger partial charge in [-0.25, -0.2) is 0 Å². The zero-order valence-corrected chi connectivity index (χ0v) is 12.5. The number of nitrogens with zero attached hydrogens (tertiary/aromatic N) is 1. The number of nitrogen functional groups attached to an aromatic ring is 1. The van der Waals surface area contributed by atoms with E-state index in [0.29, 0.717) is 11.3 Å². The van der Waals surface area contributed by atoms with E-state index in [2.05, 4.69) is 34.5 Å². The highest BCUT2D eigenvalue weighted by Gasteiger charge is 2.21. The van der Waals surface area contributed by atoms with Crippen LogP contribution in [-0.2, 0) is 0 Å². The van der Waals surface area contributed by atoms with Crippen LogP contribution < -0.4 is 16.0 Å². The molecule has 22 heavy (non-hydrogen) atoms. The van der Waals surface area contributed by atoms with Crippen molar-refractivity contribution in [3.63, 3.8) is 0 Å². The van der Waals surface area contributed by atoms with Gasteiger partial charge < -0.3 is 16.0 Å². The SMILES string of the molecule is Nc1cccc(C(=O)NC2CCN(c3ccccc3)CC2)c1. The maximum absolute atomic E-state index is 12.2. The molecule has 2 aromatic carbocycles. The molecule has 0 aromatic heterocycles. The van der Waals surface area contributed by atoms with Gasteiger partial charge in [0.2, 0.25) is 0 Å². The highest BCUT2D eigenvalue weighted by Crippen LogP contribution is 2.19. The van der Waals surface area contributed by atoms with Crippen LogP contribution in [0.2, 0.25) is 0 Å². The molecule has 0 aliphatic carbocycles. The molecule has 2 aromatic rings. The van der Waals surface area contributed by atoms with Gasteiger partial charge in [-0.1, -0.05) is 24.3 Å². The molecule has 4 heteroatoms. The third-order valence-corrected chi connectivity index (χ3v) is 4.10. The summed E-state index contributed by atoms with van der Waals surface area (Å²) in [5.74, 6) is -0.0366. The molecule has 0 atom stereocenters. The predicted octanol–water partition coefficient (Wildman–Crippen LogP) is 2.67. The highest BCUT2D eigenvalue weighted by atomic mass is 16.1. The van der Waals surface area contributed by atoms with Gasteiger partial charge in [0.1, 0.15) is 0 Å². The van der Waals surface area contributed by atoms with Crippen molar-refractivity contribution < 1.29 is 4.79 Å². The Hall–Kier alpha value is -2.49. The molecule has 0 spiro atoms. The lowest BCUT2D eigenvalue weighted by Gasteiger charge is -2.34. The zero-order chi connectivity index (χ0) is 15.4. The number of piperidine rings is 1. The van der Waals surface area contributed by atoms with Crippen molar-refractivity contribution in [1.29, 1.82) is 0 Å². The van der Waals surface area contributed by atoms with Gasteiger partial charge in [-0.05, 0) is 43.2 Å². The van der Waals surface area contributed by atoms with E-state index in [1.165, 1.54) is 5.69 Å². The van der Waals surface area contributed by atoms with Crippen molar-refractivity contribution in [1.82, 2.24) is 5.32 Å². The van der Waals surface area contributed by atoms with E-state index >= 15 is 0 Å². The van der Waals surface area contributed by atoms with E-state index in [1.54, 1.807) is 18.2 Å². The van der Waals surface area contributed by atoms with Gasteiger partial charge in [-0.3, -0.25) is 4.79 Å². The molecule has 0 bridgehead atoms. The van der Waals surface area contributed by atoms with E-state index in [-0.39, 0.29) is 11.9 Å². The Morgan fingerprint density at radius 2 is 1.77 bits per heavy atom. The van der Waals surface area contributed by atoms with Crippen molar-refractivity contribution in [2.45, 2.75) is 18.9 Å². The second-order valence-electron chi connectivity index (χ2n) is 5.70. The molecule has 1 amide bonds. The van der Waals surface area contributed by atoms with Gasteiger partial charge in [-0.2, -0.15) is 0 Å². The fraction of sp³-hybridized carbons (Fsp3) is 0.278. The number of carbonyl (C=O) groups excluding carboxylic acids is 1. The van der Waals surface area contributed by atoms with Crippen LogP contribution in [0, 0.1) is 0 Å². The summed E-state index contributed by atoms with van der Waals surface area (Å²) in [5.41, 5.74) is 8.23. The summed E-state index contributed by atoms with van der Waals surface area (Å²) >= 11 is 0. The van der Waals surface area contributed by atoms with Crippen molar-refractivity contribution in [2.24, 2.45) is 0 Å². The fourth-order valence-corrected chi connectivity index (χ4v) is 2.87. The second kappa shape index (κ2) is 6.52. The molecule has 4 nitrogen and oxygen atoms in total. The Labute approximate surface area is 130 Å². The quantitative estimate of drug-likeness (QED) is 0.856. The van der Waals surface area contributed by atoms with Crippen molar-refractivity contribution in [3.8, 4) is 0 Å². The van der Waals surface area contributed by atoms with E-state index in [4.69, 9.17) is 5.73 Å². The number of carbonyl (C=O) groups is 1. The summed E-state index contributed by atoms with van der Waals surface area (Å²) in [6.45, 7) is 1.93. The standard InChI is InChI=1S/C18H21N3O/c19-15-6-4-5-14(13-15)18(22)20-16-9-11-21(12-10-16)17-7-2-1-3-8-17/h1-8,13,16H,9-12,19H2,(H,20,22). The molecule has 1 aliphatic heterocycles. The number of hydrogen-bond donors (Lipinski definition) is 2. The molecule has 114 valence electrons. The number of hydrogen-bond acceptors (Lipinski definition) is 3. The topological polar surface area (TPSA) is 58.4 Å². The molecule has 3 rings (SSSR count). The first-order valence-electron chi connectivity index (χ1n) is 7.69. The minimum Gasteiger partial charge on any atom is -0.399 e. The predicted molar refractivity (Wildman–Crippen MR) is 90.0 cm³/mol. The molecule has 0 unspecified atom stereocenters. The van der Waals surface area contributed by atoms with Crippen LogP contribution in [0.3, 0.4) is 0 Å². The number of amides is 1. The summed E-state index contributed by atoms with van der Waals surface area (Å²) in [6.07, 6.45) is 1.92. The summed E-state index contributed by atoms with van der Waals surface area (Å²) in [7, 11) is 0. The van der Waals surface area contributed by atoms with Crippen LogP contribution in [0.25, 0.3) is 0 Å². The first-order chi connectivity index (χ1) is 10.7. The summed E-state index contributed by atoms with van der Waals surface area (Å²) in [4.78, 5) is 14.6. The molecular formula is C18H21N3O. The maximum Gasteiger partial charge on any atom is 0.251 e. The Kier molecular flexibility index (Phi) is 4.28. The highest BCUT2D eigenvalue weighted by molar-refractivity contribution is 5.95. The average molecular weight is 295 g/mol. The number of benzene rings is 2. The Balaban J connectivity index is 1.55. The van der Waals surface area contributed by atoms with Crippen LogP contribution in [0.15, 0.2) is 54.6 Å². The van der Waals surface area contributed by atoms with Gasteiger partial charge in [0.25, 0.3) is 5.91 Å². The van der Waals surface area contributed by atoms with Crippen molar-refractivity contribution in [3.05, 3.63) is 60.2 Å². The van der Waals surface area contributed by atoms with Gasteiger partial charge in [0.05, 0.1) is 0 Å². The molecule has 0 saturated carbocycles. The summed E-state index contributed by atoms with van der Waals surface area (Å²) in [5, 5.41) is 3.11. The van der Waals surface area contributed by atoms with Gasteiger partial charge in [0.15, 0.2) is 0 Å². The van der Waals surface area contributed by atoms with Crippen LogP contribution in [0.5, 0.6) is 0 Å². The van der Waals surface area contributed by atoms with E-state index < -0.39 is 0 Å². The molecule has 1 aliphatic rings. The monoisotopic (exact) mass is 295 g/mol. The normalized spacial score (nSPS) is 15.5. The van der Waals surface area contributed by atoms with E-state index in [9.17, 15) is 4.79 Å². The second-order valence-corrected chi connectivity index (χ2v) is 5.70. The summed E-state index contributed by atoms with van der Waals surface area (Å²) in [6, 6.07) is 17.7. The van der Waals surface area contributed by atoms with E-state index in [0.717, 1.165) is 25.9 Å². The minimum absolute atomic E-state index is 0.0366. The number of para-hydroxylation sites is 1. The lowest BCUT2D eigenvalue weighted by molar-refractivity contribution is 0.0931. The third kappa shape index (κ3) is 3.39. The van der Waals surface area contributed by atoms with Crippen molar-refractivity contribution in [2.75, 3.05) is 23.7 Å². The van der Waals surface area contributed by atoms with Crippen LogP contribution >= 0.6 is 0 Å². The van der Waals surface area contributed by atoms with Crippen LogP contribution in [-0.4, -0.2) is 25.0 Å². The van der Waals surface area contributed by atoms with Gasteiger partial charge in [0, 0.05) is 36.1 Å². The fourth-order valence-electron chi connectivity index (χ4n) is 2.87. The zero-order valence-electron chi connectivity index (χ0n) is 12.5. The lowest BCUT2D eigenvalue weighted by Crippen LogP contribution is -2.44. The molecule has 3 N–H and O–H groups in total. The van der Waals surface area contributed by atoms with Crippen LogP contribution in [0.4, 0.5) is 11.4 Å². The Morgan fingerprint density at radius 1 is 1.05 bits per heavy atom. The first kappa shape index (κ1) is 14.4. The van der Waals surface area contributed by atoms with Crippen LogP contribution in [0.1, 0.15) is 23.2 Å². The maximum atomic E-state index is 12.2. The van der Waals surface area contributed by atoms with Crippen molar-refractivity contribution >= 4 is 17.3 Å². The lowest BCUT2D eigenvalue weighted by atomic mass is 10.0. The average Bonchev–Trinajstić information content (AvgIpc) is 2.56. The number of nitrogens with two attached hydrogens (primary N) is 1. The number of nitrogens with one attached hydrogen (secondary N) is 1. The third-order valence-electron chi connectivity index (χ3n) is 4.10.